The molecule has 742 valence electrons. The third-order valence-corrected chi connectivity index (χ3v) is 26.1. The van der Waals surface area contributed by atoms with Crippen LogP contribution in [0, 0.1) is 10.8 Å². The molecule has 9 aromatic carbocycles. The molecule has 0 saturated heterocycles. The Balaban J connectivity index is 0.000000280. The molecule has 17 nitrogen and oxygen atoms in total. The summed E-state index contributed by atoms with van der Waals surface area (Å²) in [6.07, 6.45) is 27.4. The molecule has 0 spiro atoms. The molecule has 0 radical (unpaired) electrons. The standard InChI is InChI=1S/C26H36O3.C20H30O4.C18H28O2.C12H16O3.C12H16O2.3C10H14O/c1-4-20(2)22-10-16-26(17-11-22)29-21(3)27-18-19-28-25-14-12-24(13-15-25)23-8-6-5-7-9-23;1-5-20(3,4)19(21)24-18-13-11-17(12-14-18)23-15(2)22-16-9-7-6-8-10-16;1-4-14(2)16-10-12-18(13-11-16)20-15(3)19-17-8-6-5-7-9-17;1-4-12(2,3)11(14)15-10-7-5-9(13)6-8-10;1-4-9(2)11-5-7-12(8-6-11)14-10(3)13;3*1-3-8(2)9-4-6-10(11)7-5-9/h10-17,20-21,23H,4-9,18-19H2,1-3H3;11-16H,5-10H2,1-4H3;10-15,17H,4-9H2,1-3H3;5-8,13H,4H2,1-3H3;5-9H,4H2,1-3H3;3*4-8,11H,3H2,1-2H3. The molecule has 3 aliphatic carbocycles. The molecule has 9 atom stereocenters. The van der Waals surface area contributed by atoms with Crippen molar-refractivity contribution in [2.45, 2.75) is 373 Å². The summed E-state index contributed by atoms with van der Waals surface area (Å²) in [5, 5.41) is 36.1. The topological polar surface area (TPSA) is 224 Å². The van der Waals surface area contributed by atoms with Crippen molar-refractivity contribution in [1.29, 1.82) is 0 Å². The van der Waals surface area contributed by atoms with Gasteiger partial charge in [-0.3, -0.25) is 14.4 Å². The smallest absolute Gasteiger partial charge is 0.316 e. The third kappa shape index (κ3) is 45.5. The van der Waals surface area contributed by atoms with Gasteiger partial charge in [-0.15, -0.1) is 0 Å². The van der Waals surface area contributed by atoms with Gasteiger partial charge < -0.3 is 67.8 Å². The van der Waals surface area contributed by atoms with Crippen LogP contribution in [-0.4, -0.2) is 82.6 Å². The van der Waals surface area contributed by atoms with Gasteiger partial charge in [0.15, 0.2) is 18.9 Å². The molecule has 12 rings (SSSR count). The van der Waals surface area contributed by atoms with E-state index in [1.54, 1.807) is 60.7 Å². The summed E-state index contributed by atoms with van der Waals surface area (Å²) in [5.41, 5.74) is 8.39. The lowest BCUT2D eigenvalue weighted by atomic mass is 9.84. The van der Waals surface area contributed by atoms with Crippen molar-refractivity contribution in [2.75, 3.05) is 13.2 Å². The van der Waals surface area contributed by atoms with Crippen molar-refractivity contribution in [3.63, 3.8) is 0 Å². The minimum absolute atomic E-state index is 0.157. The van der Waals surface area contributed by atoms with Crippen LogP contribution < -0.4 is 33.2 Å². The van der Waals surface area contributed by atoms with E-state index in [9.17, 15) is 14.4 Å². The van der Waals surface area contributed by atoms with Gasteiger partial charge in [-0.2, -0.15) is 0 Å². The van der Waals surface area contributed by atoms with E-state index in [1.807, 2.05) is 147 Å². The van der Waals surface area contributed by atoms with Crippen LogP contribution in [0.5, 0.6) is 63.2 Å². The number of carbonyl (C=O) groups is 3. The molecule has 9 unspecified atom stereocenters. The number of rotatable bonds is 35. The molecule has 0 aliphatic heterocycles. The van der Waals surface area contributed by atoms with Crippen LogP contribution >= 0.6 is 0 Å². The Morgan fingerprint density at radius 2 is 0.533 bits per heavy atom. The average Bonchev–Trinajstić information content (AvgIpc) is 0.961. The Labute approximate surface area is 812 Å². The Hall–Kier alpha value is -10.3. The zero-order chi connectivity index (χ0) is 99.3. The molecule has 9 aromatic rings. The Bertz CT molecular complexity index is 4490. The normalized spacial score (nSPS) is 15.3. The molecule has 17 heteroatoms. The highest BCUT2D eigenvalue weighted by Gasteiger charge is 2.30. The number of aromatic hydroxyl groups is 4. The van der Waals surface area contributed by atoms with Crippen molar-refractivity contribution in [1.82, 2.24) is 0 Å². The van der Waals surface area contributed by atoms with E-state index in [0.29, 0.717) is 101 Å². The summed E-state index contributed by atoms with van der Waals surface area (Å²) in [6.45, 7) is 45.9. The molecule has 135 heavy (non-hydrogen) atoms. The molecule has 0 aromatic heterocycles. The number of phenolic OH excluding ortho intramolecular Hbond substituents is 4. The van der Waals surface area contributed by atoms with Crippen molar-refractivity contribution in [3.8, 4) is 63.2 Å². The molecule has 4 N–H and O–H groups in total. The zero-order valence-electron chi connectivity index (χ0n) is 86.0. The van der Waals surface area contributed by atoms with Gasteiger partial charge in [-0.1, -0.05) is 240 Å². The lowest BCUT2D eigenvalue weighted by molar-refractivity contribution is -0.144. The molecule has 3 saturated carbocycles. The van der Waals surface area contributed by atoms with Crippen LogP contribution in [0.15, 0.2) is 218 Å². The highest BCUT2D eigenvalue weighted by molar-refractivity contribution is 5.79. The van der Waals surface area contributed by atoms with Gasteiger partial charge in [0, 0.05) is 6.92 Å². The second-order valence-corrected chi connectivity index (χ2v) is 37.6. The molecule has 0 amide bonds. The van der Waals surface area contributed by atoms with Crippen LogP contribution in [0.2, 0.25) is 0 Å². The van der Waals surface area contributed by atoms with Crippen LogP contribution in [0.4, 0.5) is 0 Å². The Morgan fingerprint density at radius 1 is 0.296 bits per heavy atom. The fourth-order valence-electron chi connectivity index (χ4n) is 14.7. The van der Waals surface area contributed by atoms with Crippen LogP contribution in [0.25, 0.3) is 0 Å². The number of phenols is 4. The van der Waals surface area contributed by atoms with E-state index in [-0.39, 0.29) is 42.5 Å². The third-order valence-electron chi connectivity index (χ3n) is 26.1. The summed E-state index contributed by atoms with van der Waals surface area (Å²) in [4.78, 5) is 34.4. The number of ether oxygens (including phenoxy) is 10. The Kier molecular flexibility index (Phi) is 53.9. The molecule has 3 fully saturated rings. The lowest BCUT2D eigenvalue weighted by Gasteiger charge is -2.26. The van der Waals surface area contributed by atoms with E-state index < -0.39 is 10.8 Å². The minimum Gasteiger partial charge on any atom is -0.508 e. The SMILES string of the molecule is CCC(C)(C)C(=O)Oc1ccc(O)cc1.CCC(C)(C)C(=O)Oc1ccc(OC(C)OC2CCCCC2)cc1.CCC(C)c1ccc(O)cc1.CCC(C)c1ccc(O)cc1.CCC(C)c1ccc(O)cc1.CCC(C)c1ccc(OC(C)=O)cc1.CCC(C)c1ccc(OC(C)OC2CCCCC2)cc1.CCC(C)c1ccc(OC(C)OCCOc2ccc(C3CCCCC3)cc2)cc1. The molecule has 3 aliphatic rings. The highest BCUT2D eigenvalue weighted by Crippen LogP contribution is 2.36. The fourth-order valence-corrected chi connectivity index (χ4v) is 14.7. The van der Waals surface area contributed by atoms with E-state index in [2.05, 4.69) is 144 Å². The first-order valence-electron chi connectivity index (χ1n) is 50.4. The average molecular weight is 1860 g/mol. The maximum Gasteiger partial charge on any atom is 0.316 e. The number of benzene rings is 9. The van der Waals surface area contributed by atoms with Crippen molar-refractivity contribution in [3.05, 3.63) is 257 Å². The summed E-state index contributed by atoms with van der Waals surface area (Å²) in [7, 11) is 0. The number of esters is 3. The minimum atomic E-state index is -0.475. The van der Waals surface area contributed by atoms with E-state index in [1.165, 1.54) is 148 Å². The van der Waals surface area contributed by atoms with Crippen molar-refractivity contribution < 1.29 is 82.2 Å². The van der Waals surface area contributed by atoms with Gasteiger partial charge in [0.2, 0.25) is 0 Å². The van der Waals surface area contributed by atoms with Gasteiger partial charge in [-0.05, 0) is 352 Å². The predicted molar refractivity (Wildman–Crippen MR) is 551 cm³/mol. The molecular weight excluding hydrogens is 1690 g/mol. The number of hydrogen-bond acceptors (Lipinski definition) is 17. The predicted octanol–water partition coefficient (Wildman–Crippen LogP) is 32.0. The first-order valence-corrected chi connectivity index (χ1v) is 50.4. The first kappa shape index (κ1) is 115. The second-order valence-electron chi connectivity index (χ2n) is 37.6. The van der Waals surface area contributed by atoms with E-state index in [0.717, 1.165) is 81.0 Å². The van der Waals surface area contributed by atoms with Crippen molar-refractivity contribution in [2.24, 2.45) is 10.8 Å². The second kappa shape index (κ2) is 63.1. The van der Waals surface area contributed by atoms with Gasteiger partial charge in [-0.25, -0.2) is 0 Å². The summed E-state index contributed by atoms with van der Waals surface area (Å²) >= 11 is 0. The van der Waals surface area contributed by atoms with Crippen LogP contribution in [-0.2, 0) is 28.6 Å². The Morgan fingerprint density at radius 3 is 0.822 bits per heavy atom. The summed E-state index contributed by atoms with van der Waals surface area (Å²) < 4.78 is 56.5. The first-order chi connectivity index (χ1) is 64.5. The van der Waals surface area contributed by atoms with Gasteiger partial charge in [0.05, 0.1) is 29.6 Å². The van der Waals surface area contributed by atoms with E-state index >= 15 is 0 Å². The van der Waals surface area contributed by atoms with Crippen LogP contribution in [0.1, 0.15) is 380 Å². The van der Waals surface area contributed by atoms with E-state index in [4.69, 9.17) is 67.8 Å². The number of carbonyl (C=O) groups excluding carboxylic acids is 3. The molecule has 0 heterocycles. The van der Waals surface area contributed by atoms with Gasteiger partial charge in [0.25, 0.3) is 0 Å². The highest BCUT2D eigenvalue weighted by atomic mass is 16.7. The zero-order valence-corrected chi connectivity index (χ0v) is 86.0. The quantitative estimate of drug-likeness (QED) is 0.0125. The maximum atomic E-state index is 12.1. The van der Waals surface area contributed by atoms with Crippen LogP contribution in [0.3, 0.4) is 0 Å². The molecular formula is C118H168O17. The monoisotopic (exact) mass is 1860 g/mol. The lowest BCUT2D eigenvalue weighted by Crippen LogP contribution is -2.28. The van der Waals surface area contributed by atoms with Gasteiger partial charge in [0.1, 0.15) is 69.9 Å². The fraction of sp³-hybridized carbons (Fsp3) is 0.517. The van der Waals surface area contributed by atoms with Crippen molar-refractivity contribution >= 4 is 17.9 Å². The van der Waals surface area contributed by atoms with Gasteiger partial charge >= 0.3 is 17.9 Å². The largest absolute Gasteiger partial charge is 0.508 e. The summed E-state index contributed by atoms with van der Waals surface area (Å²) in [5.74, 6) is 9.67. The number of hydrogen-bond donors (Lipinski definition) is 4. The summed E-state index contributed by atoms with van der Waals surface area (Å²) in [6, 6.07) is 68.6. The molecule has 0 bridgehead atoms. The maximum absolute atomic E-state index is 12.1.